The van der Waals surface area contributed by atoms with E-state index in [1.165, 1.54) is 37.5 Å². The Kier molecular flexibility index (Phi) is 5.70. The topological polar surface area (TPSA) is 114 Å². The maximum atomic E-state index is 17.3. The molecule has 0 aromatic carbocycles. The van der Waals surface area contributed by atoms with Crippen molar-refractivity contribution in [3.05, 3.63) is 48.0 Å². The van der Waals surface area contributed by atoms with Gasteiger partial charge in [-0.1, -0.05) is 19.9 Å². The first-order valence-corrected chi connectivity index (χ1v) is 12.7. The molecule has 0 amide bonds. The molecule has 2 unspecified atom stereocenters. The van der Waals surface area contributed by atoms with Crippen molar-refractivity contribution < 1.29 is 42.0 Å². The third kappa shape index (κ3) is 2.95. The second-order valence-electron chi connectivity index (χ2n) is 11.0. The average Bonchev–Trinajstić information content (AvgIpc) is 3.44. The number of aliphatic hydroxyl groups excluding tert-OH is 1. The number of fused-ring (bicyclic) bond motifs is 5. The van der Waals surface area contributed by atoms with Gasteiger partial charge in [-0.15, -0.1) is 0 Å². The lowest BCUT2D eigenvalue weighted by Gasteiger charge is -2.63. The molecule has 9 atom stereocenters. The van der Waals surface area contributed by atoms with Crippen LogP contribution in [0.15, 0.2) is 46.6 Å². The van der Waals surface area contributed by atoms with Crippen molar-refractivity contribution in [2.45, 2.75) is 63.6 Å². The van der Waals surface area contributed by atoms with Crippen molar-refractivity contribution in [3.63, 3.8) is 0 Å². The molecule has 2 N–H and O–H groups in total. The first kappa shape index (κ1) is 25.4. The number of hydrogen-bond acceptors (Lipinski definition) is 8. The summed E-state index contributed by atoms with van der Waals surface area (Å²) in [4.78, 5) is 38.3. The number of furan rings is 1. The van der Waals surface area contributed by atoms with Gasteiger partial charge in [0.2, 0.25) is 5.76 Å². The van der Waals surface area contributed by atoms with E-state index in [1.54, 1.807) is 13.8 Å². The largest absolute Gasteiger partial charge is 0.457 e. The van der Waals surface area contributed by atoms with E-state index in [4.69, 9.17) is 9.15 Å². The Bertz CT molecular complexity index is 1180. The summed E-state index contributed by atoms with van der Waals surface area (Å²) in [5.74, 6) is -3.93. The van der Waals surface area contributed by atoms with Gasteiger partial charge in [0.1, 0.15) is 6.17 Å². The number of ketones is 1. The van der Waals surface area contributed by atoms with E-state index >= 15 is 8.78 Å². The van der Waals surface area contributed by atoms with Gasteiger partial charge in [-0.2, -0.15) is 0 Å². The number of aliphatic hydroxyl groups is 1. The Morgan fingerprint density at radius 1 is 1.25 bits per heavy atom. The molecule has 194 valence electrons. The summed E-state index contributed by atoms with van der Waals surface area (Å²) in [6, 6.07) is 2.85. The van der Waals surface area contributed by atoms with Gasteiger partial charge in [-0.3, -0.25) is 9.59 Å². The SMILES string of the molecule is C[C@@H]1CC2C3C[C@H](F)C4=CC(=O)C=C[C@]4(C)[C@@]3(F)[C@@H](O)C[C@]2(C)[C@@]1(OC(=O)c1ccco1)C(=O)SO. The quantitative estimate of drug-likeness (QED) is 0.442. The molecule has 1 aromatic rings. The summed E-state index contributed by atoms with van der Waals surface area (Å²) >= 11 is -0.0879. The van der Waals surface area contributed by atoms with Gasteiger partial charge in [0.05, 0.1) is 24.4 Å². The minimum atomic E-state index is -2.33. The first-order chi connectivity index (χ1) is 16.9. The fraction of sp³-hybridized carbons (Fsp3) is 0.577. The fourth-order valence-corrected chi connectivity index (χ4v) is 8.49. The smallest absolute Gasteiger partial charge is 0.375 e. The average molecular weight is 523 g/mol. The van der Waals surface area contributed by atoms with Crippen LogP contribution in [-0.2, 0) is 14.3 Å². The van der Waals surface area contributed by atoms with Crippen molar-refractivity contribution in [1.29, 1.82) is 0 Å². The van der Waals surface area contributed by atoms with Gasteiger partial charge in [0.25, 0.3) is 5.12 Å². The van der Waals surface area contributed by atoms with E-state index in [0.717, 1.165) is 6.08 Å². The lowest BCUT2D eigenvalue weighted by Crippen LogP contribution is -2.70. The molecule has 0 radical (unpaired) electrons. The molecule has 4 aliphatic carbocycles. The zero-order valence-electron chi connectivity index (χ0n) is 20.1. The number of carbonyl (C=O) groups is 3. The molecule has 7 nitrogen and oxygen atoms in total. The summed E-state index contributed by atoms with van der Waals surface area (Å²) in [6.45, 7) is 4.79. The highest BCUT2D eigenvalue weighted by molar-refractivity contribution is 8.09. The molecule has 0 aliphatic heterocycles. The Morgan fingerprint density at radius 3 is 2.61 bits per heavy atom. The molecule has 0 saturated heterocycles. The van der Waals surface area contributed by atoms with Crippen LogP contribution in [0, 0.1) is 28.6 Å². The highest BCUT2D eigenvalue weighted by Gasteiger charge is 2.78. The van der Waals surface area contributed by atoms with Crippen molar-refractivity contribution in [2.75, 3.05) is 0 Å². The summed E-state index contributed by atoms with van der Waals surface area (Å²) < 4.78 is 53.7. The van der Waals surface area contributed by atoms with Gasteiger partial charge in [0, 0.05) is 22.7 Å². The van der Waals surface area contributed by atoms with Crippen molar-refractivity contribution >= 4 is 28.9 Å². The van der Waals surface area contributed by atoms with Crippen LogP contribution in [0.3, 0.4) is 0 Å². The maximum absolute atomic E-state index is 17.3. The van der Waals surface area contributed by atoms with Crippen molar-refractivity contribution in [1.82, 2.24) is 0 Å². The summed E-state index contributed by atoms with van der Waals surface area (Å²) in [7, 11) is 0. The van der Waals surface area contributed by atoms with Gasteiger partial charge in [-0.05, 0) is 62.0 Å². The number of rotatable bonds is 3. The Morgan fingerprint density at radius 2 is 1.97 bits per heavy atom. The van der Waals surface area contributed by atoms with Crippen LogP contribution in [0.1, 0.15) is 50.6 Å². The normalized spacial score (nSPS) is 45.4. The number of hydrogen-bond donors (Lipinski definition) is 2. The van der Waals surface area contributed by atoms with Crippen LogP contribution in [0.5, 0.6) is 0 Å². The molecule has 10 heteroatoms. The highest BCUT2D eigenvalue weighted by Crippen LogP contribution is 2.72. The van der Waals surface area contributed by atoms with Crippen LogP contribution in [0.25, 0.3) is 0 Å². The monoisotopic (exact) mass is 522 g/mol. The molecular weight excluding hydrogens is 494 g/mol. The zero-order chi connectivity index (χ0) is 26.3. The Balaban J connectivity index is 1.64. The lowest BCUT2D eigenvalue weighted by molar-refractivity contribution is -0.221. The standard InChI is InChI=1S/C26H28F2O7S/c1-13-9-15-16-11-18(27)17-10-14(29)6-7-23(17,2)25(16,28)20(30)12-24(15,3)26(13,22(32)36-33)35-21(31)19-5-4-8-34-19/h4-8,10,13,15-16,18,20,30,33H,9,11-12H2,1-3H3/t13-,15?,16?,18+,20+,23+,24+,25+,26+/m1/s1. The minimum absolute atomic E-state index is 0.0000472. The predicted octanol–water partition coefficient (Wildman–Crippen LogP) is 4.47. The molecule has 4 aliphatic rings. The van der Waals surface area contributed by atoms with Crippen LogP contribution < -0.4 is 0 Å². The van der Waals surface area contributed by atoms with E-state index in [-0.39, 0.29) is 42.6 Å². The lowest BCUT2D eigenvalue weighted by atomic mass is 9.44. The molecule has 0 spiro atoms. The molecular formula is C26H28F2O7S. The van der Waals surface area contributed by atoms with Gasteiger partial charge in [-0.25, -0.2) is 13.6 Å². The second-order valence-corrected chi connectivity index (χ2v) is 11.5. The second kappa shape index (κ2) is 8.10. The van der Waals surface area contributed by atoms with Gasteiger partial charge >= 0.3 is 5.97 Å². The van der Waals surface area contributed by atoms with E-state index in [1.807, 2.05) is 0 Å². The van der Waals surface area contributed by atoms with E-state index in [0.29, 0.717) is 0 Å². The van der Waals surface area contributed by atoms with Crippen LogP contribution in [-0.4, -0.2) is 50.1 Å². The summed E-state index contributed by atoms with van der Waals surface area (Å²) in [5.41, 5.74) is -7.16. The fourth-order valence-electron chi connectivity index (χ4n) is 7.88. The van der Waals surface area contributed by atoms with Gasteiger partial charge in [0.15, 0.2) is 17.1 Å². The predicted molar refractivity (Wildman–Crippen MR) is 125 cm³/mol. The first-order valence-electron chi connectivity index (χ1n) is 12.0. The third-order valence-electron chi connectivity index (χ3n) is 9.53. The highest BCUT2D eigenvalue weighted by atomic mass is 32.2. The molecule has 5 rings (SSSR count). The number of alkyl halides is 2. The number of esters is 1. The van der Waals surface area contributed by atoms with Crippen LogP contribution in [0.2, 0.25) is 0 Å². The number of halogens is 2. The summed E-state index contributed by atoms with van der Waals surface area (Å²) in [5, 5.41) is 10.6. The summed E-state index contributed by atoms with van der Waals surface area (Å²) in [6.07, 6.45) is 1.22. The number of carbonyl (C=O) groups excluding carboxylic acids is 3. The maximum Gasteiger partial charge on any atom is 0.375 e. The molecule has 0 bridgehead atoms. The number of ether oxygens (including phenoxy) is 1. The molecule has 3 fully saturated rings. The minimum Gasteiger partial charge on any atom is -0.457 e. The molecule has 1 aromatic heterocycles. The number of allylic oxidation sites excluding steroid dienone is 4. The molecule has 1 heterocycles. The van der Waals surface area contributed by atoms with Crippen molar-refractivity contribution in [3.8, 4) is 0 Å². The Labute approximate surface area is 211 Å². The van der Waals surface area contributed by atoms with Crippen molar-refractivity contribution in [2.24, 2.45) is 28.6 Å². The third-order valence-corrected chi connectivity index (χ3v) is 10.00. The molecule has 36 heavy (non-hydrogen) atoms. The van der Waals surface area contributed by atoms with E-state index in [2.05, 4.69) is 0 Å². The van der Waals surface area contributed by atoms with Gasteiger partial charge < -0.3 is 18.8 Å². The Hall–Kier alpha value is -2.30. The molecule has 3 saturated carbocycles. The zero-order valence-corrected chi connectivity index (χ0v) is 20.9. The van der Waals surface area contributed by atoms with Crippen LogP contribution >= 0.6 is 12.0 Å². The van der Waals surface area contributed by atoms with Crippen LogP contribution in [0.4, 0.5) is 8.78 Å². The van der Waals surface area contributed by atoms with E-state index in [9.17, 15) is 24.0 Å². The van der Waals surface area contributed by atoms with E-state index < -0.39 is 69.0 Å².